The van der Waals surface area contributed by atoms with Crippen molar-refractivity contribution in [1.29, 1.82) is 0 Å². The van der Waals surface area contributed by atoms with Gasteiger partial charge in [0.1, 0.15) is 0 Å². The molecule has 2 aliphatic carbocycles. The first-order valence-electron chi connectivity index (χ1n) is 15.1. The van der Waals surface area contributed by atoms with Crippen LogP contribution in [0.2, 0.25) is 5.02 Å². The van der Waals surface area contributed by atoms with E-state index in [1.165, 1.54) is 29.9 Å². The first-order valence-corrected chi connectivity index (χ1v) is 15.5. The molecule has 1 aromatic carbocycles. The smallest absolute Gasteiger partial charge is 0.365 e. The van der Waals surface area contributed by atoms with Gasteiger partial charge in [0.2, 0.25) is 5.95 Å². The third kappa shape index (κ3) is 6.77. The van der Waals surface area contributed by atoms with Gasteiger partial charge in [0, 0.05) is 42.3 Å². The lowest BCUT2D eigenvalue weighted by molar-refractivity contribution is -0.136. The number of carbonyl (C=O) groups is 1. The van der Waals surface area contributed by atoms with E-state index >= 15 is 0 Å². The summed E-state index contributed by atoms with van der Waals surface area (Å²) in [6, 6.07) is 3.61. The normalized spacial score (nSPS) is 22.2. The molecule has 0 radical (unpaired) electrons. The molecule has 10 nitrogen and oxygen atoms in total. The molecule has 0 atom stereocenters. The SMILES string of the molecule is NC1CCC(Nc2nc(NC3CCN(C(=O)Nc4ccc(Cl)cc4C(F)(F)F)CC3)c3ncn(C4CCCC4)c3n2)CC1. The van der Waals surface area contributed by atoms with Crippen LogP contribution < -0.4 is 21.7 Å². The summed E-state index contributed by atoms with van der Waals surface area (Å²) in [6.45, 7) is 0.743. The number of anilines is 3. The third-order valence-electron chi connectivity index (χ3n) is 8.90. The molecule has 14 heteroatoms. The zero-order chi connectivity index (χ0) is 30.1. The summed E-state index contributed by atoms with van der Waals surface area (Å²) in [6.07, 6.45) is 6.85. The molecule has 0 spiro atoms. The molecule has 3 heterocycles. The maximum atomic E-state index is 13.5. The second kappa shape index (κ2) is 12.4. The zero-order valence-corrected chi connectivity index (χ0v) is 24.6. The number of nitrogens with two attached hydrogens (primary N) is 1. The number of rotatable bonds is 6. The molecule has 2 amide bonds. The molecule has 2 saturated carbocycles. The van der Waals surface area contributed by atoms with Gasteiger partial charge < -0.3 is 31.2 Å². The highest BCUT2D eigenvalue weighted by Crippen LogP contribution is 2.37. The van der Waals surface area contributed by atoms with Crippen LogP contribution in [0.4, 0.5) is 35.4 Å². The summed E-state index contributed by atoms with van der Waals surface area (Å²) in [7, 11) is 0. The second-order valence-corrected chi connectivity index (χ2v) is 12.4. The number of urea groups is 1. The Labute approximate surface area is 253 Å². The van der Waals surface area contributed by atoms with Crippen molar-refractivity contribution < 1.29 is 18.0 Å². The number of alkyl halides is 3. The maximum absolute atomic E-state index is 13.5. The standard InChI is InChI=1S/C29H37ClF3N9O/c30-17-5-10-23(22(15-17)29(31,32)33)38-28(43)41-13-11-20(12-14-41)36-25-24-26(42(16-35-24)21-3-1-2-4-21)40-27(39-25)37-19-8-6-18(34)7-9-19/h5,10,15-16,18-21H,1-4,6-9,11-14,34H2,(H,38,43)(H2,36,37,39,40). The Bertz CT molecular complexity index is 1440. The summed E-state index contributed by atoms with van der Waals surface area (Å²) < 4.78 is 42.7. The van der Waals surface area contributed by atoms with Gasteiger partial charge in [-0.2, -0.15) is 23.1 Å². The number of benzene rings is 1. The number of hydrogen-bond donors (Lipinski definition) is 4. The average molecular weight is 620 g/mol. The van der Waals surface area contributed by atoms with Crippen LogP contribution in [0.1, 0.15) is 75.8 Å². The number of nitrogens with one attached hydrogen (secondary N) is 3. The zero-order valence-electron chi connectivity index (χ0n) is 23.8. The van der Waals surface area contributed by atoms with Crippen molar-refractivity contribution in [3.05, 3.63) is 35.1 Å². The van der Waals surface area contributed by atoms with Gasteiger partial charge in [-0.25, -0.2) is 9.78 Å². The predicted octanol–water partition coefficient (Wildman–Crippen LogP) is 6.40. The lowest BCUT2D eigenvalue weighted by atomic mass is 9.92. The Kier molecular flexibility index (Phi) is 8.54. The molecule has 1 saturated heterocycles. The Morgan fingerprint density at radius 3 is 2.35 bits per heavy atom. The summed E-state index contributed by atoms with van der Waals surface area (Å²) in [5.41, 5.74) is 6.33. The minimum atomic E-state index is -4.64. The highest BCUT2D eigenvalue weighted by Gasteiger charge is 2.35. The topological polar surface area (TPSA) is 126 Å². The van der Waals surface area contributed by atoms with E-state index in [9.17, 15) is 18.0 Å². The lowest BCUT2D eigenvalue weighted by Gasteiger charge is -2.33. The number of piperidine rings is 1. The molecular formula is C29H37ClF3N9O. The first-order chi connectivity index (χ1) is 20.6. The second-order valence-electron chi connectivity index (χ2n) is 11.9. The van der Waals surface area contributed by atoms with Crippen LogP contribution in [-0.4, -0.2) is 61.7 Å². The van der Waals surface area contributed by atoms with Crippen molar-refractivity contribution >= 4 is 46.2 Å². The third-order valence-corrected chi connectivity index (χ3v) is 9.13. The van der Waals surface area contributed by atoms with Gasteiger partial charge in [-0.05, 0) is 69.6 Å². The van der Waals surface area contributed by atoms with Crippen molar-refractivity contribution in [3.8, 4) is 0 Å². The number of hydrogen-bond acceptors (Lipinski definition) is 7. The summed E-state index contributed by atoms with van der Waals surface area (Å²) >= 11 is 5.77. The fraction of sp³-hybridized carbons (Fsp3) is 0.586. The number of fused-ring (bicyclic) bond motifs is 1. The summed E-state index contributed by atoms with van der Waals surface area (Å²) in [5, 5.41) is 9.45. The van der Waals surface area contributed by atoms with Gasteiger partial charge in [-0.15, -0.1) is 0 Å². The van der Waals surface area contributed by atoms with E-state index in [0.29, 0.717) is 49.3 Å². The summed E-state index contributed by atoms with van der Waals surface area (Å²) in [4.78, 5) is 28.9. The van der Waals surface area contributed by atoms with Gasteiger partial charge in [0.05, 0.1) is 17.6 Å². The van der Waals surface area contributed by atoms with E-state index in [0.717, 1.165) is 50.2 Å². The lowest BCUT2D eigenvalue weighted by Crippen LogP contribution is -2.44. The number of carbonyl (C=O) groups excluding carboxylic acids is 1. The molecule has 3 aromatic rings. The van der Waals surface area contributed by atoms with E-state index in [-0.39, 0.29) is 28.8 Å². The van der Waals surface area contributed by atoms with Crippen LogP contribution in [0.5, 0.6) is 0 Å². The van der Waals surface area contributed by atoms with Crippen molar-refractivity contribution in [2.75, 3.05) is 29.0 Å². The molecule has 0 bridgehead atoms. The van der Waals surface area contributed by atoms with Gasteiger partial charge in [0.15, 0.2) is 17.0 Å². The fourth-order valence-electron chi connectivity index (χ4n) is 6.45. The molecule has 43 heavy (non-hydrogen) atoms. The van der Waals surface area contributed by atoms with Gasteiger partial charge in [-0.1, -0.05) is 24.4 Å². The largest absolute Gasteiger partial charge is 0.418 e. The van der Waals surface area contributed by atoms with E-state index < -0.39 is 17.8 Å². The van der Waals surface area contributed by atoms with Crippen LogP contribution in [0.15, 0.2) is 24.5 Å². The van der Waals surface area contributed by atoms with Crippen LogP contribution in [-0.2, 0) is 6.18 Å². The minimum absolute atomic E-state index is 0.000535. The number of amides is 2. The molecule has 2 aromatic heterocycles. The number of halogens is 4. The average Bonchev–Trinajstić information content (AvgIpc) is 3.65. The molecule has 3 aliphatic rings. The first kappa shape index (κ1) is 29.7. The molecule has 232 valence electrons. The Morgan fingerprint density at radius 1 is 0.953 bits per heavy atom. The molecule has 3 fully saturated rings. The minimum Gasteiger partial charge on any atom is -0.365 e. The molecule has 1 aliphatic heterocycles. The maximum Gasteiger partial charge on any atom is 0.418 e. The highest BCUT2D eigenvalue weighted by atomic mass is 35.5. The fourth-order valence-corrected chi connectivity index (χ4v) is 6.62. The van der Waals surface area contributed by atoms with E-state index in [4.69, 9.17) is 32.3 Å². The van der Waals surface area contributed by atoms with Gasteiger partial charge >= 0.3 is 12.2 Å². The Morgan fingerprint density at radius 2 is 1.65 bits per heavy atom. The number of likely N-dealkylation sites (tertiary alicyclic amines) is 1. The highest BCUT2D eigenvalue weighted by molar-refractivity contribution is 6.30. The van der Waals surface area contributed by atoms with Crippen LogP contribution in [0.3, 0.4) is 0 Å². The predicted molar refractivity (Wildman–Crippen MR) is 160 cm³/mol. The van der Waals surface area contributed by atoms with Crippen LogP contribution >= 0.6 is 11.6 Å². The number of imidazole rings is 1. The van der Waals surface area contributed by atoms with Gasteiger partial charge in [-0.3, -0.25) is 0 Å². The van der Waals surface area contributed by atoms with Crippen molar-refractivity contribution in [2.45, 2.75) is 94.6 Å². The van der Waals surface area contributed by atoms with Crippen LogP contribution in [0, 0.1) is 0 Å². The van der Waals surface area contributed by atoms with E-state index in [2.05, 4.69) is 20.5 Å². The Hall–Kier alpha value is -3.32. The molecule has 6 rings (SSSR count). The molecule has 0 unspecified atom stereocenters. The monoisotopic (exact) mass is 619 g/mol. The quantitative estimate of drug-likeness (QED) is 0.251. The van der Waals surface area contributed by atoms with Crippen molar-refractivity contribution in [1.82, 2.24) is 24.4 Å². The van der Waals surface area contributed by atoms with Crippen molar-refractivity contribution in [2.24, 2.45) is 5.73 Å². The molecule has 5 N–H and O–H groups in total. The van der Waals surface area contributed by atoms with Gasteiger partial charge in [0.25, 0.3) is 0 Å². The molecular weight excluding hydrogens is 583 g/mol. The number of nitrogens with zero attached hydrogens (tertiary/aromatic N) is 5. The van der Waals surface area contributed by atoms with E-state index in [1.807, 2.05) is 6.33 Å². The number of aromatic nitrogens is 4. The van der Waals surface area contributed by atoms with Crippen molar-refractivity contribution in [3.63, 3.8) is 0 Å². The Balaban J connectivity index is 1.15. The van der Waals surface area contributed by atoms with E-state index in [1.54, 1.807) is 0 Å². The van der Waals surface area contributed by atoms with Crippen LogP contribution in [0.25, 0.3) is 11.2 Å². The summed E-state index contributed by atoms with van der Waals surface area (Å²) in [5.74, 6) is 1.21.